The monoisotopic (exact) mass is 326 g/mol. The van der Waals surface area contributed by atoms with E-state index in [-0.39, 0.29) is 59.1 Å². The number of carbonyl (C=O) groups excluding carboxylic acids is 4. The molecule has 1 N–H and O–H groups in total. The van der Waals surface area contributed by atoms with Crippen molar-refractivity contribution < 1.29 is 101 Å². The summed E-state index contributed by atoms with van der Waals surface area (Å²) in [5.74, 6) is -11.3. The van der Waals surface area contributed by atoms with Crippen LogP contribution in [0.4, 0.5) is 0 Å². The Bertz CT molecular complexity index is 496. The Kier molecular flexibility index (Phi) is 10.8. The van der Waals surface area contributed by atoms with Crippen LogP contribution in [0.15, 0.2) is 0 Å². The molecule has 0 aromatic heterocycles. The molecule has 0 fully saturated rings. The molecular weight excluding hydrogens is 318 g/mol. The molecule has 0 heterocycles. The zero-order valence-electron chi connectivity index (χ0n) is 11.2. The van der Waals surface area contributed by atoms with Crippen molar-refractivity contribution in [2.45, 2.75) is 18.6 Å². The molecule has 0 saturated heterocycles. The van der Waals surface area contributed by atoms with E-state index >= 15 is 0 Å². The standard InChI is InChI=1S/C8H10O9S.2Na/c1-3(9)5(6(11)12)8(4(2)10,7(13)14)18(15,16)17;;/h5H,1-2H3,(H,11,12)(H,13,14)(H,15,16,17);;/q;2*+1/p-2. The van der Waals surface area contributed by atoms with E-state index in [1.807, 2.05) is 0 Å². The van der Waals surface area contributed by atoms with Crippen molar-refractivity contribution in [2.24, 2.45) is 5.92 Å². The van der Waals surface area contributed by atoms with Gasteiger partial charge in [0.2, 0.25) is 4.75 Å². The molecule has 0 aromatic carbocycles. The van der Waals surface area contributed by atoms with Crippen LogP contribution in [0.25, 0.3) is 0 Å². The maximum Gasteiger partial charge on any atom is 1.00 e. The zero-order chi connectivity index (χ0) is 14.9. The first-order valence-electron chi connectivity index (χ1n) is 4.31. The van der Waals surface area contributed by atoms with Gasteiger partial charge in [-0.2, -0.15) is 8.42 Å². The SMILES string of the molecule is CC(=O)C(C(=O)[O-])C(C(C)=O)(C(=O)[O-])S(=O)(=O)O.[Na+].[Na+]. The molecule has 0 aromatic rings. The van der Waals surface area contributed by atoms with E-state index in [0.29, 0.717) is 13.8 Å². The van der Waals surface area contributed by atoms with Gasteiger partial charge in [-0.05, 0) is 13.8 Å². The molecule has 0 bridgehead atoms. The van der Waals surface area contributed by atoms with Crippen molar-refractivity contribution in [1.29, 1.82) is 0 Å². The zero-order valence-corrected chi connectivity index (χ0v) is 16.0. The Morgan fingerprint density at radius 3 is 1.45 bits per heavy atom. The molecule has 0 rings (SSSR count). The van der Waals surface area contributed by atoms with Crippen LogP contribution in [0.5, 0.6) is 0 Å². The minimum Gasteiger partial charge on any atom is -0.549 e. The number of Topliss-reactive ketones (excluding diaryl/α,β-unsaturated/α-hetero) is 2. The number of hydrogen-bond acceptors (Lipinski definition) is 8. The van der Waals surface area contributed by atoms with Crippen molar-refractivity contribution in [3.05, 3.63) is 0 Å². The summed E-state index contributed by atoms with van der Waals surface area (Å²) < 4.78 is 27.0. The first-order chi connectivity index (χ1) is 7.90. The third-order valence-corrected chi connectivity index (χ3v) is 3.79. The maximum absolute atomic E-state index is 11.2. The largest absolute Gasteiger partial charge is 1.00 e. The molecule has 0 radical (unpaired) electrons. The van der Waals surface area contributed by atoms with E-state index in [0.717, 1.165) is 0 Å². The smallest absolute Gasteiger partial charge is 0.549 e. The summed E-state index contributed by atoms with van der Waals surface area (Å²) in [7, 11) is -5.77. The number of carboxylic acids is 2. The summed E-state index contributed by atoms with van der Waals surface area (Å²) in [6.45, 7) is 0.925. The average Bonchev–Trinajstić information content (AvgIpc) is 2.08. The molecule has 9 nitrogen and oxygen atoms in total. The van der Waals surface area contributed by atoms with Crippen molar-refractivity contribution in [1.82, 2.24) is 0 Å². The van der Waals surface area contributed by atoms with Crippen LogP contribution in [-0.4, -0.2) is 41.2 Å². The second-order valence-electron chi connectivity index (χ2n) is 3.42. The fourth-order valence-electron chi connectivity index (χ4n) is 1.52. The molecule has 2 atom stereocenters. The van der Waals surface area contributed by atoms with Gasteiger partial charge in [-0.15, -0.1) is 0 Å². The second kappa shape index (κ2) is 8.59. The molecule has 0 amide bonds. The topological polar surface area (TPSA) is 169 Å². The first kappa shape index (κ1) is 25.2. The Hall–Kier alpha value is 0.190. The van der Waals surface area contributed by atoms with Crippen LogP contribution in [-0.2, 0) is 29.3 Å². The van der Waals surface area contributed by atoms with E-state index in [1.165, 1.54) is 0 Å². The third-order valence-electron chi connectivity index (χ3n) is 2.28. The van der Waals surface area contributed by atoms with E-state index in [9.17, 15) is 37.8 Å². The summed E-state index contributed by atoms with van der Waals surface area (Å²) in [5, 5.41) is 21.5. The van der Waals surface area contributed by atoms with Crippen molar-refractivity contribution in [2.75, 3.05) is 0 Å². The normalized spacial score (nSPS) is 14.8. The molecule has 0 spiro atoms. The predicted octanol–water partition coefficient (Wildman–Crippen LogP) is -10.1. The molecule has 12 heteroatoms. The van der Waals surface area contributed by atoms with Gasteiger partial charge < -0.3 is 19.8 Å². The van der Waals surface area contributed by atoms with Gasteiger partial charge in [-0.3, -0.25) is 14.1 Å². The van der Waals surface area contributed by atoms with Gasteiger partial charge in [0.1, 0.15) is 5.78 Å². The Balaban J connectivity index is -0.00000144. The van der Waals surface area contributed by atoms with E-state index in [1.54, 1.807) is 0 Å². The number of hydrogen-bond donors (Lipinski definition) is 1. The van der Waals surface area contributed by atoms with E-state index < -0.39 is 44.3 Å². The summed E-state index contributed by atoms with van der Waals surface area (Å²) in [6.07, 6.45) is 0. The van der Waals surface area contributed by atoms with Crippen LogP contribution in [0, 0.1) is 5.92 Å². The van der Waals surface area contributed by atoms with Crippen molar-refractivity contribution in [3.63, 3.8) is 0 Å². The number of carbonyl (C=O) groups is 4. The predicted molar refractivity (Wildman–Crippen MR) is 49.1 cm³/mol. The molecule has 2 unspecified atom stereocenters. The Labute approximate surface area is 158 Å². The fraction of sp³-hybridized carbons (Fsp3) is 0.500. The van der Waals surface area contributed by atoms with Gasteiger partial charge in [-0.1, -0.05) is 0 Å². The van der Waals surface area contributed by atoms with Gasteiger partial charge in [0.25, 0.3) is 10.1 Å². The summed E-state index contributed by atoms with van der Waals surface area (Å²) in [5.41, 5.74) is 0. The molecule has 102 valence electrons. The van der Waals surface area contributed by atoms with E-state index in [2.05, 4.69) is 0 Å². The minimum absolute atomic E-state index is 0. The minimum atomic E-state index is -5.77. The number of ketones is 2. The number of carboxylic acid groups (broad SMARTS) is 2. The molecule has 0 saturated carbocycles. The van der Waals surface area contributed by atoms with Gasteiger partial charge in [0, 0.05) is 0 Å². The Morgan fingerprint density at radius 1 is 1.05 bits per heavy atom. The van der Waals surface area contributed by atoms with E-state index in [4.69, 9.17) is 4.55 Å². The number of rotatable bonds is 6. The first-order valence-corrected chi connectivity index (χ1v) is 5.75. The van der Waals surface area contributed by atoms with Gasteiger partial charge >= 0.3 is 59.1 Å². The quantitative estimate of drug-likeness (QED) is 0.283. The Morgan fingerprint density at radius 2 is 1.40 bits per heavy atom. The van der Waals surface area contributed by atoms with Crippen LogP contribution in [0.1, 0.15) is 13.8 Å². The summed E-state index contributed by atoms with van der Waals surface area (Å²) in [4.78, 5) is 43.8. The van der Waals surface area contributed by atoms with Crippen molar-refractivity contribution in [3.8, 4) is 0 Å². The third kappa shape index (κ3) is 4.34. The van der Waals surface area contributed by atoms with Gasteiger partial charge in [0.05, 0.1) is 17.9 Å². The average molecular weight is 326 g/mol. The van der Waals surface area contributed by atoms with Crippen LogP contribution in [0.2, 0.25) is 0 Å². The van der Waals surface area contributed by atoms with Gasteiger partial charge in [-0.25, -0.2) is 0 Å². The summed E-state index contributed by atoms with van der Waals surface area (Å²) in [6, 6.07) is 0. The molecule has 0 aliphatic heterocycles. The van der Waals surface area contributed by atoms with Crippen LogP contribution < -0.4 is 69.3 Å². The molecule has 0 aliphatic carbocycles. The number of aliphatic carboxylic acids is 2. The van der Waals surface area contributed by atoms with Crippen LogP contribution in [0.3, 0.4) is 0 Å². The fourth-order valence-corrected chi connectivity index (χ4v) is 2.65. The molecule has 0 aliphatic rings. The van der Waals surface area contributed by atoms with Gasteiger partial charge in [0.15, 0.2) is 5.78 Å². The molecule has 20 heavy (non-hydrogen) atoms. The summed E-state index contributed by atoms with van der Waals surface area (Å²) >= 11 is 0. The molecular formula is C8H8Na2O9S. The van der Waals surface area contributed by atoms with Crippen molar-refractivity contribution >= 4 is 33.6 Å². The second-order valence-corrected chi connectivity index (χ2v) is 5.01. The maximum atomic E-state index is 11.2. The van der Waals surface area contributed by atoms with Crippen LogP contribution >= 0.6 is 0 Å².